The first-order valence-electron chi connectivity index (χ1n) is 6.30. The third-order valence-corrected chi connectivity index (χ3v) is 2.90. The molecule has 1 aromatic heterocycles. The van der Waals surface area contributed by atoms with Crippen LogP contribution in [0.3, 0.4) is 0 Å². The second-order valence-corrected chi connectivity index (χ2v) is 4.50. The molecule has 100 valence electrons. The van der Waals surface area contributed by atoms with E-state index in [-0.39, 0.29) is 5.91 Å². The molecule has 4 heteroatoms. The van der Waals surface area contributed by atoms with Crippen LogP contribution in [0.15, 0.2) is 40.8 Å². The van der Waals surface area contributed by atoms with E-state index in [1.54, 1.807) is 6.07 Å². The number of nitrogens with two attached hydrogens (primary N) is 1. The van der Waals surface area contributed by atoms with E-state index < -0.39 is 0 Å². The van der Waals surface area contributed by atoms with Gasteiger partial charge in [-0.25, -0.2) is 0 Å². The largest absolute Gasteiger partial charge is 0.465 e. The minimum absolute atomic E-state index is 0.388. The molecule has 2 rings (SSSR count). The van der Waals surface area contributed by atoms with Crippen molar-refractivity contribution in [3.8, 4) is 0 Å². The fourth-order valence-electron chi connectivity index (χ4n) is 1.90. The maximum absolute atomic E-state index is 11.1. The lowest BCUT2D eigenvalue weighted by molar-refractivity contribution is 0.1000. The highest BCUT2D eigenvalue weighted by molar-refractivity contribution is 5.92. The Morgan fingerprint density at radius 2 is 2.16 bits per heavy atom. The van der Waals surface area contributed by atoms with Gasteiger partial charge >= 0.3 is 0 Å². The topological polar surface area (TPSA) is 68.3 Å². The Hall–Kier alpha value is -2.07. The number of hydrogen-bond donors (Lipinski definition) is 2. The van der Waals surface area contributed by atoms with Crippen LogP contribution in [-0.4, -0.2) is 12.5 Å². The van der Waals surface area contributed by atoms with Crippen molar-refractivity contribution >= 4 is 5.91 Å². The SMILES string of the molecule is Cc1ccc(CNCCc2cccc(C(N)=O)c2)o1. The summed E-state index contributed by atoms with van der Waals surface area (Å²) in [6.45, 7) is 3.46. The van der Waals surface area contributed by atoms with Crippen LogP contribution in [0, 0.1) is 6.92 Å². The highest BCUT2D eigenvalue weighted by Gasteiger charge is 2.02. The van der Waals surface area contributed by atoms with Crippen LogP contribution in [0.2, 0.25) is 0 Å². The predicted octanol–water partition coefficient (Wildman–Crippen LogP) is 2.02. The molecule has 3 N–H and O–H groups in total. The van der Waals surface area contributed by atoms with Gasteiger partial charge < -0.3 is 15.5 Å². The molecule has 19 heavy (non-hydrogen) atoms. The highest BCUT2D eigenvalue weighted by atomic mass is 16.3. The summed E-state index contributed by atoms with van der Waals surface area (Å²) in [5, 5.41) is 3.30. The van der Waals surface area contributed by atoms with E-state index in [1.165, 1.54) is 0 Å². The number of carbonyl (C=O) groups excluding carboxylic acids is 1. The van der Waals surface area contributed by atoms with Crippen molar-refractivity contribution in [3.63, 3.8) is 0 Å². The Kier molecular flexibility index (Phi) is 4.36. The molecule has 1 amide bonds. The van der Waals surface area contributed by atoms with Crippen LogP contribution in [0.5, 0.6) is 0 Å². The minimum atomic E-state index is -0.388. The molecule has 1 aromatic carbocycles. The van der Waals surface area contributed by atoms with Gasteiger partial charge in [0.05, 0.1) is 6.54 Å². The number of amides is 1. The standard InChI is InChI=1S/C15H18N2O2/c1-11-5-6-14(19-11)10-17-8-7-12-3-2-4-13(9-12)15(16)18/h2-6,9,17H,7-8,10H2,1H3,(H2,16,18). The second-order valence-electron chi connectivity index (χ2n) is 4.50. The van der Waals surface area contributed by atoms with E-state index in [9.17, 15) is 4.79 Å². The predicted molar refractivity (Wildman–Crippen MR) is 73.8 cm³/mol. The van der Waals surface area contributed by atoms with E-state index in [4.69, 9.17) is 10.2 Å². The lowest BCUT2D eigenvalue weighted by Crippen LogP contribution is -2.17. The molecule has 0 bridgehead atoms. The van der Waals surface area contributed by atoms with Crippen molar-refractivity contribution in [2.75, 3.05) is 6.54 Å². The number of carbonyl (C=O) groups is 1. The van der Waals surface area contributed by atoms with Crippen LogP contribution in [0.25, 0.3) is 0 Å². The molecule has 0 aliphatic heterocycles. The highest BCUT2D eigenvalue weighted by Crippen LogP contribution is 2.07. The summed E-state index contributed by atoms with van der Waals surface area (Å²) in [6, 6.07) is 11.3. The summed E-state index contributed by atoms with van der Waals surface area (Å²) in [5.41, 5.74) is 6.90. The summed E-state index contributed by atoms with van der Waals surface area (Å²) in [5.74, 6) is 1.47. The van der Waals surface area contributed by atoms with Crippen molar-refractivity contribution in [2.24, 2.45) is 5.73 Å². The Bertz CT molecular complexity index is 561. The van der Waals surface area contributed by atoms with Crippen LogP contribution >= 0.6 is 0 Å². The van der Waals surface area contributed by atoms with Gasteiger partial charge in [-0.15, -0.1) is 0 Å². The van der Waals surface area contributed by atoms with Gasteiger partial charge in [0.1, 0.15) is 11.5 Å². The Labute approximate surface area is 112 Å². The van der Waals surface area contributed by atoms with Gasteiger partial charge in [0.2, 0.25) is 5.91 Å². The smallest absolute Gasteiger partial charge is 0.248 e. The molecule has 0 spiro atoms. The van der Waals surface area contributed by atoms with Crippen molar-refractivity contribution in [2.45, 2.75) is 19.9 Å². The van der Waals surface area contributed by atoms with Crippen LogP contribution in [-0.2, 0) is 13.0 Å². The molecule has 1 heterocycles. The number of hydrogen-bond acceptors (Lipinski definition) is 3. The number of aryl methyl sites for hydroxylation is 1. The minimum Gasteiger partial charge on any atom is -0.465 e. The molecular weight excluding hydrogens is 240 g/mol. The zero-order chi connectivity index (χ0) is 13.7. The maximum Gasteiger partial charge on any atom is 0.248 e. The molecule has 0 fully saturated rings. The van der Waals surface area contributed by atoms with E-state index in [1.807, 2.05) is 37.3 Å². The fraction of sp³-hybridized carbons (Fsp3) is 0.267. The number of benzene rings is 1. The van der Waals surface area contributed by atoms with E-state index in [0.29, 0.717) is 12.1 Å². The van der Waals surface area contributed by atoms with E-state index in [0.717, 1.165) is 30.0 Å². The van der Waals surface area contributed by atoms with Crippen LogP contribution in [0.4, 0.5) is 0 Å². The van der Waals surface area contributed by atoms with Gasteiger partial charge in [-0.05, 0) is 49.7 Å². The fourth-order valence-corrected chi connectivity index (χ4v) is 1.90. The quantitative estimate of drug-likeness (QED) is 0.779. The van der Waals surface area contributed by atoms with Crippen molar-refractivity contribution in [1.29, 1.82) is 0 Å². The van der Waals surface area contributed by atoms with Gasteiger partial charge in [-0.3, -0.25) is 4.79 Å². The van der Waals surface area contributed by atoms with Crippen molar-refractivity contribution in [1.82, 2.24) is 5.32 Å². The van der Waals surface area contributed by atoms with Crippen molar-refractivity contribution in [3.05, 3.63) is 59.0 Å². The lowest BCUT2D eigenvalue weighted by atomic mass is 10.1. The molecule has 0 saturated carbocycles. The van der Waals surface area contributed by atoms with Gasteiger partial charge in [0, 0.05) is 5.56 Å². The van der Waals surface area contributed by atoms with Gasteiger partial charge in [-0.2, -0.15) is 0 Å². The average Bonchev–Trinajstić information content (AvgIpc) is 2.81. The molecule has 0 aliphatic rings. The van der Waals surface area contributed by atoms with E-state index >= 15 is 0 Å². The van der Waals surface area contributed by atoms with E-state index in [2.05, 4.69) is 5.32 Å². The van der Waals surface area contributed by atoms with Gasteiger partial charge in [0.25, 0.3) is 0 Å². The average molecular weight is 258 g/mol. The Morgan fingerprint density at radius 3 is 2.84 bits per heavy atom. The monoisotopic (exact) mass is 258 g/mol. The molecule has 4 nitrogen and oxygen atoms in total. The lowest BCUT2D eigenvalue weighted by Gasteiger charge is -2.04. The summed E-state index contributed by atoms with van der Waals surface area (Å²) in [7, 11) is 0. The first-order chi connectivity index (χ1) is 9.15. The van der Waals surface area contributed by atoms with Gasteiger partial charge in [0.15, 0.2) is 0 Å². The zero-order valence-electron chi connectivity index (χ0n) is 11.0. The molecule has 2 aromatic rings. The molecule has 0 atom stereocenters. The summed E-state index contributed by atoms with van der Waals surface area (Å²) in [6.07, 6.45) is 0.848. The number of nitrogens with one attached hydrogen (secondary N) is 1. The second kappa shape index (κ2) is 6.20. The molecular formula is C15H18N2O2. The maximum atomic E-state index is 11.1. The zero-order valence-corrected chi connectivity index (χ0v) is 11.0. The molecule has 0 unspecified atom stereocenters. The van der Waals surface area contributed by atoms with Crippen LogP contribution < -0.4 is 11.1 Å². The first kappa shape index (κ1) is 13.4. The third-order valence-electron chi connectivity index (χ3n) is 2.90. The Balaban J connectivity index is 1.79. The number of furan rings is 1. The summed E-state index contributed by atoms with van der Waals surface area (Å²) in [4.78, 5) is 11.1. The van der Waals surface area contributed by atoms with Crippen molar-refractivity contribution < 1.29 is 9.21 Å². The number of primary amides is 1. The number of rotatable bonds is 6. The summed E-state index contributed by atoms with van der Waals surface area (Å²) >= 11 is 0. The van der Waals surface area contributed by atoms with Gasteiger partial charge in [-0.1, -0.05) is 12.1 Å². The Morgan fingerprint density at radius 1 is 1.32 bits per heavy atom. The molecule has 0 aliphatic carbocycles. The molecule has 0 radical (unpaired) electrons. The normalized spacial score (nSPS) is 10.6. The first-order valence-corrected chi connectivity index (χ1v) is 6.30. The van der Waals surface area contributed by atoms with Crippen LogP contribution in [0.1, 0.15) is 27.4 Å². The molecule has 0 saturated heterocycles. The third kappa shape index (κ3) is 3.96. The summed E-state index contributed by atoms with van der Waals surface area (Å²) < 4.78 is 5.46.